The summed E-state index contributed by atoms with van der Waals surface area (Å²) in [4.78, 5) is 19.3. The van der Waals surface area contributed by atoms with Gasteiger partial charge in [-0.1, -0.05) is 29.6 Å². The van der Waals surface area contributed by atoms with Gasteiger partial charge in [-0.05, 0) is 12.8 Å². The van der Waals surface area contributed by atoms with E-state index in [4.69, 9.17) is 23.2 Å². The van der Waals surface area contributed by atoms with Crippen LogP contribution in [0, 0.1) is 0 Å². The maximum absolute atomic E-state index is 12.1. The molecule has 0 spiro atoms. The molecule has 2 aromatic heterocycles. The normalized spacial score (nSPS) is 12.3. The van der Waals surface area contributed by atoms with Crippen molar-refractivity contribution in [3.05, 3.63) is 23.0 Å². The maximum Gasteiger partial charge on any atom is 0.284 e. The lowest BCUT2D eigenvalue weighted by molar-refractivity contribution is -0.119. The Morgan fingerprint density at radius 1 is 0.931 bits per heavy atom. The average Bonchev–Trinajstić information content (AvgIpc) is 3.14. The lowest BCUT2D eigenvalue weighted by atomic mass is 10.2. The van der Waals surface area contributed by atoms with Crippen LogP contribution >= 0.6 is 23.2 Å². The lowest BCUT2D eigenvalue weighted by Gasteiger charge is -2.06. The molecule has 2 heterocycles. The number of hydrogen-bond acceptors (Lipinski definition) is 7. The van der Waals surface area contributed by atoms with Crippen LogP contribution in [0.1, 0.15) is 25.7 Å². The second kappa shape index (κ2) is 9.43. The molecular weight excluding hydrogens is 467 g/mol. The van der Waals surface area contributed by atoms with E-state index in [0.717, 1.165) is 0 Å². The van der Waals surface area contributed by atoms with E-state index in [1.165, 1.54) is 28.8 Å². The monoisotopic (exact) mass is 486 g/mol. The van der Waals surface area contributed by atoms with E-state index in [9.17, 15) is 21.6 Å². The number of imidazole rings is 2. The smallest absolute Gasteiger partial charge is 0.284 e. The number of nitrogens with one attached hydrogen (secondary N) is 2. The first kappa shape index (κ1) is 23.6. The van der Waals surface area contributed by atoms with Gasteiger partial charge in [-0.15, -0.1) is 0 Å². The Morgan fingerprint density at radius 3 is 1.93 bits per heavy atom. The molecule has 162 valence electrons. The van der Waals surface area contributed by atoms with Crippen molar-refractivity contribution < 1.29 is 21.6 Å². The summed E-state index contributed by atoms with van der Waals surface area (Å²) in [6.45, 7) is 0.124. The van der Waals surface area contributed by atoms with Gasteiger partial charge in [0.25, 0.3) is 20.0 Å². The predicted octanol–water partition coefficient (Wildman–Crippen LogP) is 0.804. The minimum Gasteiger partial charge on any atom is -0.324 e. The molecule has 0 saturated heterocycles. The molecule has 0 atom stereocenters. The van der Waals surface area contributed by atoms with Crippen LogP contribution in [0.2, 0.25) is 10.3 Å². The first-order valence-corrected chi connectivity index (χ1v) is 12.1. The Hall–Kier alpha value is -1.67. The molecule has 0 bridgehead atoms. The van der Waals surface area contributed by atoms with E-state index in [-0.39, 0.29) is 28.3 Å². The Morgan fingerprint density at radius 2 is 1.45 bits per heavy atom. The summed E-state index contributed by atoms with van der Waals surface area (Å²) < 4.78 is 55.4. The molecule has 0 aromatic carbocycles. The lowest BCUT2D eigenvalue weighted by Crippen LogP contribution is -2.31. The zero-order valence-electron chi connectivity index (χ0n) is 15.6. The number of hydrogen-bond donors (Lipinski definition) is 2. The fourth-order valence-electron chi connectivity index (χ4n) is 2.26. The number of amides is 1. The summed E-state index contributed by atoms with van der Waals surface area (Å²) in [5.74, 6) is -0.701. The van der Waals surface area contributed by atoms with Crippen LogP contribution in [-0.2, 0) is 38.9 Å². The molecule has 0 aliphatic rings. The number of sulfonamides is 2. The molecular formula is C14H20Cl2N6O5S2. The van der Waals surface area contributed by atoms with Crippen molar-refractivity contribution in [1.82, 2.24) is 28.5 Å². The Kier molecular flexibility index (Phi) is 7.67. The highest BCUT2D eigenvalue weighted by atomic mass is 35.5. The van der Waals surface area contributed by atoms with E-state index < -0.39 is 31.0 Å². The van der Waals surface area contributed by atoms with Crippen LogP contribution in [0.4, 0.5) is 0 Å². The van der Waals surface area contributed by atoms with Gasteiger partial charge in [0, 0.05) is 27.1 Å². The highest BCUT2D eigenvalue weighted by Gasteiger charge is 2.24. The van der Waals surface area contributed by atoms with Crippen LogP contribution in [0.5, 0.6) is 0 Å². The van der Waals surface area contributed by atoms with Crippen LogP contribution in [0.15, 0.2) is 22.7 Å². The summed E-state index contributed by atoms with van der Waals surface area (Å²) in [7, 11) is -4.88. The average molecular weight is 487 g/mol. The van der Waals surface area contributed by atoms with Crippen molar-refractivity contribution in [1.29, 1.82) is 0 Å². The van der Waals surface area contributed by atoms with Crippen molar-refractivity contribution in [2.24, 2.45) is 14.1 Å². The Labute approximate surface area is 178 Å². The molecule has 29 heavy (non-hydrogen) atoms. The van der Waals surface area contributed by atoms with Gasteiger partial charge in [-0.2, -0.15) is 8.42 Å². The molecule has 2 aromatic rings. The molecule has 0 aliphatic heterocycles. The van der Waals surface area contributed by atoms with Crippen molar-refractivity contribution in [3.8, 4) is 0 Å². The van der Waals surface area contributed by atoms with Crippen LogP contribution < -0.4 is 9.44 Å². The zero-order chi connectivity index (χ0) is 21.8. The highest BCUT2D eigenvalue weighted by molar-refractivity contribution is 7.90. The fourth-order valence-corrected chi connectivity index (χ4v) is 5.21. The van der Waals surface area contributed by atoms with E-state index in [1.807, 2.05) is 4.72 Å². The standard InChI is InChI=1S/C14H20Cl2N6O5S2/c1-21-8-17-13(11(21)15)28(24,25)19-7-5-3-4-6-10(23)20-29(26,27)14-12(16)22(2)9-18-14/h8-9,19H,3-7H2,1-2H3,(H,20,23). The van der Waals surface area contributed by atoms with Gasteiger partial charge in [0.05, 0.1) is 12.7 Å². The molecule has 0 unspecified atom stereocenters. The van der Waals surface area contributed by atoms with Crippen LogP contribution in [-0.4, -0.2) is 48.4 Å². The van der Waals surface area contributed by atoms with Gasteiger partial charge in [-0.3, -0.25) is 4.79 Å². The number of halogens is 2. The van der Waals surface area contributed by atoms with Crippen molar-refractivity contribution in [2.45, 2.75) is 35.7 Å². The third kappa shape index (κ3) is 5.92. The van der Waals surface area contributed by atoms with Gasteiger partial charge < -0.3 is 9.13 Å². The predicted molar refractivity (Wildman–Crippen MR) is 105 cm³/mol. The first-order valence-electron chi connectivity index (χ1n) is 8.34. The van der Waals surface area contributed by atoms with Gasteiger partial charge in [0.15, 0.2) is 0 Å². The van der Waals surface area contributed by atoms with Gasteiger partial charge >= 0.3 is 0 Å². The van der Waals surface area contributed by atoms with Crippen LogP contribution in [0.25, 0.3) is 0 Å². The van der Waals surface area contributed by atoms with Crippen LogP contribution in [0.3, 0.4) is 0 Å². The summed E-state index contributed by atoms with van der Waals surface area (Å²) in [5, 5.41) is -0.772. The number of carbonyl (C=O) groups is 1. The third-order valence-corrected chi connectivity index (χ3v) is 7.61. The minimum absolute atomic E-state index is 0.00314. The number of carbonyl (C=O) groups excluding carboxylic acids is 1. The maximum atomic E-state index is 12.1. The number of nitrogens with zero attached hydrogens (tertiary/aromatic N) is 4. The third-order valence-electron chi connectivity index (χ3n) is 3.80. The van der Waals surface area contributed by atoms with E-state index in [1.54, 1.807) is 7.05 Å². The van der Waals surface area contributed by atoms with Gasteiger partial charge in [-0.25, -0.2) is 27.8 Å². The van der Waals surface area contributed by atoms with Crippen molar-refractivity contribution >= 4 is 49.2 Å². The van der Waals surface area contributed by atoms with E-state index >= 15 is 0 Å². The molecule has 0 saturated carbocycles. The number of aryl methyl sites for hydroxylation is 2. The SMILES string of the molecule is Cn1cnc(S(=O)(=O)NCCCCCC(=O)NS(=O)(=O)c2ncn(C)c2Cl)c1Cl. The zero-order valence-corrected chi connectivity index (χ0v) is 18.7. The molecule has 11 nitrogen and oxygen atoms in total. The number of rotatable bonds is 10. The Balaban J connectivity index is 1.73. The summed E-state index contributed by atoms with van der Waals surface area (Å²) in [5.41, 5.74) is 0. The summed E-state index contributed by atoms with van der Waals surface area (Å²) >= 11 is 11.7. The molecule has 0 aliphatic carbocycles. The number of aromatic nitrogens is 4. The molecule has 2 N–H and O–H groups in total. The van der Waals surface area contributed by atoms with Gasteiger partial charge in [0.1, 0.15) is 10.3 Å². The van der Waals surface area contributed by atoms with Crippen molar-refractivity contribution in [2.75, 3.05) is 6.54 Å². The quantitative estimate of drug-likeness (QED) is 0.472. The topological polar surface area (TPSA) is 145 Å². The second-order valence-electron chi connectivity index (χ2n) is 6.14. The second-order valence-corrected chi connectivity index (χ2v) is 10.1. The first-order chi connectivity index (χ1) is 13.5. The molecule has 0 fully saturated rings. The molecule has 15 heteroatoms. The molecule has 2 rings (SSSR count). The minimum atomic E-state index is -4.15. The highest BCUT2D eigenvalue weighted by Crippen LogP contribution is 2.19. The van der Waals surface area contributed by atoms with E-state index in [0.29, 0.717) is 19.3 Å². The van der Waals surface area contributed by atoms with E-state index in [2.05, 4.69) is 14.7 Å². The largest absolute Gasteiger partial charge is 0.324 e. The molecule has 0 radical (unpaired) electrons. The van der Waals surface area contributed by atoms with Gasteiger partial charge in [0.2, 0.25) is 16.0 Å². The fraction of sp³-hybridized carbons (Fsp3) is 0.500. The summed E-state index contributed by atoms with van der Waals surface area (Å²) in [6.07, 6.45) is 3.76. The Bertz CT molecular complexity index is 1090. The van der Waals surface area contributed by atoms with Crippen molar-refractivity contribution in [3.63, 3.8) is 0 Å². The molecule has 1 amide bonds. The number of unbranched alkanes of at least 4 members (excludes halogenated alkanes) is 2. The summed E-state index contributed by atoms with van der Waals surface area (Å²) in [6, 6.07) is 0.